The van der Waals surface area contributed by atoms with Crippen LogP contribution in [0.15, 0.2) is 60.7 Å². The highest BCUT2D eigenvalue weighted by Gasteiger charge is 2.61. The second kappa shape index (κ2) is 17.8. The summed E-state index contributed by atoms with van der Waals surface area (Å²) >= 11 is 0. The van der Waals surface area contributed by atoms with Gasteiger partial charge in [-0.3, -0.25) is 14.4 Å². The van der Waals surface area contributed by atoms with Crippen molar-refractivity contribution >= 4 is 23.9 Å². The van der Waals surface area contributed by atoms with Gasteiger partial charge in [0.05, 0.1) is 45.9 Å². The van der Waals surface area contributed by atoms with Crippen molar-refractivity contribution in [3.8, 4) is 0 Å². The molecule has 0 radical (unpaired) electrons. The second-order valence-electron chi connectivity index (χ2n) is 13.7. The van der Waals surface area contributed by atoms with E-state index in [9.17, 15) is 19.2 Å². The van der Waals surface area contributed by atoms with Gasteiger partial charge in [0.1, 0.15) is 24.4 Å². The molecular formula is C39H50O13. The smallest absolute Gasteiger partial charge is 0.366 e. The fraction of sp³-hybridized carbons (Fsp3) is 0.590. The zero-order chi connectivity index (χ0) is 37.4. The summed E-state index contributed by atoms with van der Waals surface area (Å²) in [5.41, 5.74) is 1.97. The topological polar surface area (TPSA) is 151 Å². The van der Waals surface area contributed by atoms with Gasteiger partial charge in [0.2, 0.25) is 0 Å². The molecule has 0 N–H and O–H groups in total. The van der Waals surface area contributed by atoms with Gasteiger partial charge in [-0.25, -0.2) is 4.79 Å². The zero-order valence-electron chi connectivity index (χ0n) is 30.6. The van der Waals surface area contributed by atoms with E-state index in [1.165, 1.54) is 21.0 Å². The highest BCUT2D eigenvalue weighted by atomic mass is 16.8. The normalized spacial score (nSPS) is 31.1. The predicted octanol–water partition coefficient (Wildman–Crippen LogP) is 4.67. The molecular weight excluding hydrogens is 676 g/mol. The van der Waals surface area contributed by atoms with Crippen LogP contribution in [0.5, 0.6) is 0 Å². The third kappa shape index (κ3) is 9.37. The van der Waals surface area contributed by atoms with Gasteiger partial charge in [-0.05, 0) is 29.4 Å². The predicted molar refractivity (Wildman–Crippen MR) is 183 cm³/mol. The third-order valence-electron chi connectivity index (χ3n) is 10.1. The van der Waals surface area contributed by atoms with Crippen molar-refractivity contribution in [3.63, 3.8) is 0 Å². The molecule has 2 aromatic carbocycles. The van der Waals surface area contributed by atoms with E-state index < -0.39 is 78.5 Å². The summed E-state index contributed by atoms with van der Waals surface area (Å²) in [7, 11) is 1.19. The summed E-state index contributed by atoms with van der Waals surface area (Å²) in [5, 5.41) is 0. The lowest BCUT2D eigenvalue weighted by atomic mass is 9.82. The molecule has 3 aliphatic heterocycles. The summed E-state index contributed by atoms with van der Waals surface area (Å²) in [6.07, 6.45) is -5.96. The van der Waals surface area contributed by atoms with Crippen LogP contribution in [0, 0.1) is 17.8 Å². The van der Waals surface area contributed by atoms with Crippen molar-refractivity contribution in [1.29, 1.82) is 0 Å². The molecule has 3 unspecified atom stereocenters. The minimum Gasteiger partial charge on any atom is -0.465 e. The van der Waals surface area contributed by atoms with Crippen molar-refractivity contribution in [2.75, 3.05) is 13.7 Å². The molecule has 11 atom stereocenters. The number of hydrogen-bond donors (Lipinski definition) is 0. The van der Waals surface area contributed by atoms with Gasteiger partial charge in [-0.2, -0.15) is 0 Å². The molecule has 3 fully saturated rings. The van der Waals surface area contributed by atoms with Crippen LogP contribution >= 0.6 is 0 Å². The standard InChI is InChI=1S/C39H50O13/c1-7-30(48-25(4)40)36(49-26(5)41)35-29-18-33(42)50-31(29)19-39(52-35,38(43)44-6)47-22-32-23(2)24(3)34(45-20-27-14-10-8-11-15-27)37(51-32)46-21-28-16-12-9-13-17-28/h8-17,23-24,29-32,34-37H,7,18-22H2,1-6H3/t23-,24-,29+,30+,31+,32?,34?,35?,36+,37+,39+/m0/s1. The quantitative estimate of drug-likeness (QED) is 0.185. The number of fused-ring (bicyclic) bond motifs is 1. The van der Waals surface area contributed by atoms with E-state index in [0.717, 1.165) is 11.1 Å². The molecule has 0 spiro atoms. The number of methoxy groups -OCH3 is 1. The number of carbonyl (C=O) groups is 4. The summed E-state index contributed by atoms with van der Waals surface area (Å²) in [6.45, 7) is 8.76. The number of hydrogen-bond acceptors (Lipinski definition) is 13. The maximum absolute atomic E-state index is 13.7. The van der Waals surface area contributed by atoms with Gasteiger partial charge in [0.15, 0.2) is 12.4 Å². The van der Waals surface area contributed by atoms with E-state index in [0.29, 0.717) is 6.61 Å². The molecule has 3 saturated heterocycles. The van der Waals surface area contributed by atoms with Crippen LogP contribution in [0.25, 0.3) is 0 Å². The van der Waals surface area contributed by atoms with Crippen LogP contribution in [-0.4, -0.2) is 86.3 Å². The maximum Gasteiger partial charge on any atom is 0.366 e. The number of esters is 4. The molecule has 0 bridgehead atoms. The molecule has 3 aliphatic rings. The number of carbonyl (C=O) groups excluding carboxylic acids is 4. The molecule has 284 valence electrons. The summed E-state index contributed by atoms with van der Waals surface area (Å²) in [6, 6.07) is 19.6. The zero-order valence-corrected chi connectivity index (χ0v) is 30.6. The van der Waals surface area contributed by atoms with Crippen LogP contribution in [-0.2, 0) is 75.0 Å². The Bertz CT molecular complexity index is 1500. The van der Waals surface area contributed by atoms with Gasteiger partial charge in [-0.15, -0.1) is 0 Å². The first-order valence-corrected chi connectivity index (χ1v) is 17.8. The lowest BCUT2D eigenvalue weighted by Gasteiger charge is -2.48. The number of rotatable bonds is 15. The Morgan fingerprint density at radius 3 is 2.08 bits per heavy atom. The van der Waals surface area contributed by atoms with E-state index in [-0.39, 0.29) is 44.3 Å². The lowest BCUT2D eigenvalue weighted by Crippen LogP contribution is -2.62. The van der Waals surface area contributed by atoms with E-state index in [4.69, 9.17) is 42.6 Å². The fourth-order valence-electron chi connectivity index (χ4n) is 7.21. The van der Waals surface area contributed by atoms with Gasteiger partial charge in [-0.1, -0.05) is 81.4 Å². The number of benzene rings is 2. The highest BCUT2D eigenvalue weighted by Crippen LogP contribution is 2.45. The second-order valence-corrected chi connectivity index (χ2v) is 13.7. The van der Waals surface area contributed by atoms with Crippen LogP contribution in [0.1, 0.15) is 65.0 Å². The first kappa shape index (κ1) is 39.3. The lowest BCUT2D eigenvalue weighted by molar-refractivity contribution is -0.336. The van der Waals surface area contributed by atoms with Gasteiger partial charge in [0.25, 0.3) is 5.79 Å². The maximum atomic E-state index is 13.7. The largest absolute Gasteiger partial charge is 0.465 e. The molecule has 3 heterocycles. The monoisotopic (exact) mass is 726 g/mol. The average Bonchev–Trinajstić information content (AvgIpc) is 3.52. The van der Waals surface area contributed by atoms with Crippen LogP contribution in [0.3, 0.4) is 0 Å². The Labute approximate surface area is 304 Å². The van der Waals surface area contributed by atoms with Crippen molar-refractivity contribution in [2.45, 2.75) is 116 Å². The molecule has 0 amide bonds. The molecule has 0 saturated carbocycles. The fourth-order valence-corrected chi connectivity index (χ4v) is 7.21. The van der Waals surface area contributed by atoms with Crippen molar-refractivity contribution in [1.82, 2.24) is 0 Å². The average molecular weight is 727 g/mol. The van der Waals surface area contributed by atoms with Crippen molar-refractivity contribution in [3.05, 3.63) is 71.8 Å². The van der Waals surface area contributed by atoms with Crippen LogP contribution in [0.2, 0.25) is 0 Å². The van der Waals surface area contributed by atoms with E-state index in [1.807, 2.05) is 67.6 Å². The van der Waals surface area contributed by atoms with Crippen LogP contribution in [0.4, 0.5) is 0 Å². The molecule has 0 aromatic heterocycles. The van der Waals surface area contributed by atoms with Gasteiger partial charge < -0.3 is 42.6 Å². The summed E-state index contributed by atoms with van der Waals surface area (Å²) in [4.78, 5) is 50.8. The Kier molecular flexibility index (Phi) is 13.4. The minimum absolute atomic E-state index is 0.0635. The van der Waals surface area contributed by atoms with E-state index >= 15 is 0 Å². The molecule has 13 heteroatoms. The van der Waals surface area contributed by atoms with Gasteiger partial charge in [0, 0.05) is 19.8 Å². The van der Waals surface area contributed by atoms with Gasteiger partial charge >= 0.3 is 23.9 Å². The van der Waals surface area contributed by atoms with E-state index in [2.05, 4.69) is 6.92 Å². The molecule has 52 heavy (non-hydrogen) atoms. The Morgan fingerprint density at radius 1 is 0.885 bits per heavy atom. The van der Waals surface area contributed by atoms with E-state index in [1.54, 1.807) is 6.92 Å². The van der Waals surface area contributed by atoms with Crippen LogP contribution < -0.4 is 0 Å². The SMILES string of the molecule is CC[C@@H](OC(C)=O)[C@@H](OC(C)=O)C1O[C@@](OCC2O[C@@H](OCc3ccccc3)C(OCc3ccccc3)[C@@H](C)[C@@H]2C)(C(=O)OC)C[C@H]2OC(=O)C[C@@H]12. The summed E-state index contributed by atoms with van der Waals surface area (Å²) < 4.78 is 54.4. The van der Waals surface area contributed by atoms with Crippen molar-refractivity contribution in [2.24, 2.45) is 17.8 Å². The molecule has 2 aromatic rings. The van der Waals surface area contributed by atoms with Crippen molar-refractivity contribution < 1.29 is 61.8 Å². The first-order valence-electron chi connectivity index (χ1n) is 17.8. The highest BCUT2D eigenvalue weighted by molar-refractivity contribution is 5.79. The first-order chi connectivity index (χ1) is 24.9. The Balaban J connectivity index is 1.40. The Hall–Kier alpha value is -3.88. The minimum atomic E-state index is -2.09. The molecule has 0 aliphatic carbocycles. The number of ether oxygens (including phenoxy) is 9. The third-order valence-corrected chi connectivity index (χ3v) is 10.1. The summed E-state index contributed by atoms with van der Waals surface area (Å²) in [5.74, 6) is -5.60. The molecule has 5 rings (SSSR count). The Morgan fingerprint density at radius 2 is 1.50 bits per heavy atom. The molecule has 13 nitrogen and oxygen atoms in total.